The van der Waals surface area contributed by atoms with E-state index < -0.39 is 0 Å². The van der Waals surface area contributed by atoms with Crippen LogP contribution >= 0.6 is 0 Å². The summed E-state index contributed by atoms with van der Waals surface area (Å²) in [5, 5.41) is 8.88. The summed E-state index contributed by atoms with van der Waals surface area (Å²) in [6.45, 7) is 8.00. The van der Waals surface area contributed by atoms with Crippen molar-refractivity contribution in [2.45, 2.75) is 19.8 Å². The molecule has 154 valence electrons. The average Bonchev–Trinajstić information content (AvgIpc) is 3.21. The van der Waals surface area contributed by atoms with Crippen molar-refractivity contribution < 1.29 is 9.47 Å². The van der Waals surface area contributed by atoms with Gasteiger partial charge >= 0.3 is 0 Å². The van der Waals surface area contributed by atoms with E-state index in [0.717, 1.165) is 68.4 Å². The summed E-state index contributed by atoms with van der Waals surface area (Å²) in [4.78, 5) is 4.89. The van der Waals surface area contributed by atoms with Gasteiger partial charge in [0.15, 0.2) is 17.3 Å². The molecule has 1 fully saturated rings. The highest BCUT2D eigenvalue weighted by atomic mass is 16.5. The zero-order valence-electron chi connectivity index (χ0n) is 17.4. The molecule has 29 heavy (non-hydrogen) atoms. The molecule has 4 rings (SSSR count). The Morgan fingerprint density at radius 2 is 1.86 bits per heavy atom. The summed E-state index contributed by atoms with van der Waals surface area (Å²) in [5.41, 5.74) is 2.36. The molecule has 1 saturated heterocycles. The molecule has 1 N–H and O–H groups in total. The topological polar surface area (TPSA) is 53.6 Å². The predicted octanol–water partition coefficient (Wildman–Crippen LogP) is 3.73. The van der Waals surface area contributed by atoms with Gasteiger partial charge in [-0.1, -0.05) is 25.1 Å². The SMILES string of the molecule is CCc1ccc(OCCCN2CCN(c3n[nH]c4ccccc34)CC2)c(OC)c1. The smallest absolute Gasteiger partial charge is 0.161 e. The molecular weight excluding hydrogens is 364 g/mol. The third-order valence-electron chi connectivity index (χ3n) is 5.63. The van der Waals surface area contributed by atoms with E-state index in [1.807, 2.05) is 12.1 Å². The lowest BCUT2D eigenvalue weighted by molar-refractivity contribution is 0.221. The quantitative estimate of drug-likeness (QED) is 0.590. The zero-order valence-corrected chi connectivity index (χ0v) is 17.4. The summed E-state index contributed by atoms with van der Waals surface area (Å²) in [5.74, 6) is 2.73. The van der Waals surface area contributed by atoms with E-state index in [0.29, 0.717) is 6.61 Å². The van der Waals surface area contributed by atoms with Gasteiger partial charge in [0.05, 0.1) is 19.2 Å². The van der Waals surface area contributed by atoms with Gasteiger partial charge < -0.3 is 14.4 Å². The Morgan fingerprint density at radius 1 is 1.03 bits per heavy atom. The predicted molar refractivity (Wildman–Crippen MR) is 117 cm³/mol. The minimum Gasteiger partial charge on any atom is -0.493 e. The number of hydrogen-bond donors (Lipinski definition) is 1. The fourth-order valence-corrected chi connectivity index (χ4v) is 3.89. The van der Waals surface area contributed by atoms with Crippen molar-refractivity contribution in [2.75, 3.05) is 51.3 Å². The molecule has 0 radical (unpaired) electrons. The molecule has 0 unspecified atom stereocenters. The molecule has 0 bridgehead atoms. The number of nitrogens with zero attached hydrogens (tertiary/aromatic N) is 3. The minimum absolute atomic E-state index is 0.700. The summed E-state index contributed by atoms with van der Waals surface area (Å²) in [6.07, 6.45) is 2.00. The van der Waals surface area contributed by atoms with Crippen LogP contribution in [0.1, 0.15) is 18.9 Å². The Labute approximate surface area is 172 Å². The van der Waals surface area contributed by atoms with Crippen LogP contribution in [-0.2, 0) is 6.42 Å². The number of aromatic nitrogens is 2. The van der Waals surface area contributed by atoms with Crippen molar-refractivity contribution in [3.8, 4) is 11.5 Å². The second kappa shape index (κ2) is 9.18. The van der Waals surface area contributed by atoms with Gasteiger partial charge in [0, 0.05) is 38.1 Å². The number of ether oxygens (including phenoxy) is 2. The lowest BCUT2D eigenvalue weighted by Gasteiger charge is -2.35. The van der Waals surface area contributed by atoms with Gasteiger partial charge in [0.2, 0.25) is 0 Å². The zero-order chi connectivity index (χ0) is 20.1. The van der Waals surface area contributed by atoms with E-state index in [2.05, 4.69) is 57.3 Å². The number of hydrogen-bond acceptors (Lipinski definition) is 5. The van der Waals surface area contributed by atoms with Crippen LogP contribution < -0.4 is 14.4 Å². The number of benzene rings is 2. The van der Waals surface area contributed by atoms with E-state index in [1.54, 1.807) is 7.11 Å². The van der Waals surface area contributed by atoms with E-state index in [-0.39, 0.29) is 0 Å². The highest BCUT2D eigenvalue weighted by molar-refractivity contribution is 5.90. The monoisotopic (exact) mass is 394 g/mol. The molecule has 1 aliphatic heterocycles. The van der Waals surface area contributed by atoms with Gasteiger partial charge in [-0.3, -0.25) is 10.00 Å². The first-order valence-corrected chi connectivity index (χ1v) is 10.5. The molecule has 6 heteroatoms. The largest absolute Gasteiger partial charge is 0.493 e. The van der Waals surface area contributed by atoms with Crippen molar-refractivity contribution in [1.29, 1.82) is 0 Å². The second-order valence-corrected chi connectivity index (χ2v) is 7.46. The third-order valence-corrected chi connectivity index (χ3v) is 5.63. The summed E-state index contributed by atoms with van der Waals surface area (Å²) < 4.78 is 11.4. The van der Waals surface area contributed by atoms with Gasteiger partial charge in [-0.05, 0) is 42.7 Å². The second-order valence-electron chi connectivity index (χ2n) is 7.46. The lowest BCUT2D eigenvalue weighted by Crippen LogP contribution is -2.47. The molecule has 0 amide bonds. The first-order valence-electron chi connectivity index (χ1n) is 10.5. The van der Waals surface area contributed by atoms with Crippen LogP contribution in [0.15, 0.2) is 42.5 Å². The molecular formula is C23H30N4O2. The van der Waals surface area contributed by atoms with Crippen molar-refractivity contribution in [1.82, 2.24) is 15.1 Å². The van der Waals surface area contributed by atoms with Gasteiger partial charge in [0.25, 0.3) is 0 Å². The maximum Gasteiger partial charge on any atom is 0.161 e. The normalized spacial score (nSPS) is 15.0. The number of fused-ring (bicyclic) bond motifs is 1. The van der Waals surface area contributed by atoms with Crippen LogP contribution in [0.5, 0.6) is 11.5 Å². The van der Waals surface area contributed by atoms with Gasteiger partial charge in [0.1, 0.15) is 0 Å². The fourth-order valence-electron chi connectivity index (χ4n) is 3.89. The van der Waals surface area contributed by atoms with Gasteiger partial charge in [-0.15, -0.1) is 0 Å². The molecule has 2 heterocycles. The number of aromatic amines is 1. The Balaban J connectivity index is 1.23. The first-order chi connectivity index (χ1) is 14.3. The molecule has 6 nitrogen and oxygen atoms in total. The molecule has 0 spiro atoms. The van der Waals surface area contributed by atoms with Crippen LogP contribution in [0.25, 0.3) is 10.9 Å². The van der Waals surface area contributed by atoms with Crippen molar-refractivity contribution >= 4 is 16.7 Å². The summed E-state index contributed by atoms with van der Waals surface area (Å²) >= 11 is 0. The number of rotatable bonds is 8. The molecule has 0 atom stereocenters. The number of piperazine rings is 1. The van der Waals surface area contributed by atoms with Gasteiger partial charge in [-0.25, -0.2) is 0 Å². The summed E-state index contributed by atoms with van der Waals surface area (Å²) in [6, 6.07) is 14.5. The van der Waals surface area contributed by atoms with Crippen molar-refractivity contribution in [2.24, 2.45) is 0 Å². The van der Waals surface area contributed by atoms with Crippen LogP contribution in [0, 0.1) is 0 Å². The molecule has 3 aromatic rings. The van der Waals surface area contributed by atoms with Crippen LogP contribution in [0.4, 0.5) is 5.82 Å². The number of para-hydroxylation sites is 1. The molecule has 1 aliphatic rings. The molecule has 0 saturated carbocycles. The number of anilines is 1. The number of H-pyrrole nitrogens is 1. The fraction of sp³-hybridized carbons (Fsp3) is 0.435. The molecule has 1 aromatic heterocycles. The first kappa shape index (κ1) is 19.6. The third kappa shape index (κ3) is 4.48. The van der Waals surface area contributed by atoms with E-state index in [4.69, 9.17) is 9.47 Å². The molecule has 0 aliphatic carbocycles. The van der Waals surface area contributed by atoms with Crippen LogP contribution in [0.3, 0.4) is 0 Å². The number of nitrogens with one attached hydrogen (secondary N) is 1. The Bertz CT molecular complexity index is 932. The van der Waals surface area contributed by atoms with E-state index in [1.165, 1.54) is 10.9 Å². The highest BCUT2D eigenvalue weighted by Crippen LogP contribution is 2.28. The minimum atomic E-state index is 0.700. The Hall–Kier alpha value is -2.73. The van der Waals surface area contributed by atoms with Crippen molar-refractivity contribution in [3.05, 3.63) is 48.0 Å². The molecule has 2 aromatic carbocycles. The average molecular weight is 395 g/mol. The van der Waals surface area contributed by atoms with Crippen LogP contribution in [0.2, 0.25) is 0 Å². The van der Waals surface area contributed by atoms with E-state index in [9.17, 15) is 0 Å². The Kier molecular flexibility index (Phi) is 6.20. The number of aryl methyl sites for hydroxylation is 1. The lowest BCUT2D eigenvalue weighted by atomic mass is 10.1. The standard InChI is InChI=1S/C23H30N4O2/c1-3-18-9-10-21(22(17-18)28-2)29-16-6-11-26-12-14-27(15-13-26)23-19-7-4-5-8-20(19)24-25-23/h4-5,7-10,17H,3,6,11-16H2,1-2H3,(H,24,25). The maximum atomic E-state index is 5.97. The highest BCUT2D eigenvalue weighted by Gasteiger charge is 2.20. The van der Waals surface area contributed by atoms with Gasteiger partial charge in [-0.2, -0.15) is 5.10 Å². The summed E-state index contributed by atoms with van der Waals surface area (Å²) in [7, 11) is 1.70. The van der Waals surface area contributed by atoms with Crippen molar-refractivity contribution in [3.63, 3.8) is 0 Å². The number of methoxy groups -OCH3 is 1. The Morgan fingerprint density at radius 3 is 2.66 bits per heavy atom. The maximum absolute atomic E-state index is 5.97. The van der Waals surface area contributed by atoms with Crippen LogP contribution in [-0.4, -0.2) is 61.5 Å². The van der Waals surface area contributed by atoms with E-state index >= 15 is 0 Å².